The van der Waals surface area contributed by atoms with Crippen LogP contribution >= 0.6 is 34.5 Å². The number of fused-ring (bicyclic) bond motifs is 1. The fourth-order valence-electron chi connectivity index (χ4n) is 3.04. The Labute approximate surface area is 193 Å². The average Bonchev–Trinajstić information content (AvgIpc) is 3.16. The Balaban J connectivity index is 1.82. The van der Waals surface area contributed by atoms with Crippen molar-refractivity contribution in [2.24, 2.45) is 0 Å². The second-order valence-electron chi connectivity index (χ2n) is 6.90. The van der Waals surface area contributed by atoms with Crippen LogP contribution in [0.25, 0.3) is 10.2 Å². The minimum Gasteiger partial charge on any atom is -0.279 e. The predicted molar refractivity (Wildman–Crippen MR) is 126 cm³/mol. The Morgan fingerprint density at radius 3 is 2.48 bits per heavy atom. The summed E-state index contributed by atoms with van der Waals surface area (Å²) in [4.78, 5) is 19.8. The van der Waals surface area contributed by atoms with Crippen LogP contribution in [-0.2, 0) is 16.4 Å². The molecule has 5 nitrogen and oxygen atoms in total. The SMILES string of the molecule is CS(=O)(=O)c1ccc2nc(N(Cc3ccccc3)C(=O)c3cc(Cl)ccc3Cl)sc2c1. The van der Waals surface area contributed by atoms with Crippen LogP contribution in [0.3, 0.4) is 0 Å². The lowest BCUT2D eigenvalue weighted by molar-refractivity contribution is 0.0985. The third-order valence-corrected chi connectivity index (χ3v) is 7.31. The molecule has 0 unspecified atom stereocenters. The Hall–Kier alpha value is -2.45. The van der Waals surface area contributed by atoms with Gasteiger partial charge in [0.2, 0.25) is 0 Å². The van der Waals surface area contributed by atoms with Crippen LogP contribution in [-0.4, -0.2) is 25.6 Å². The van der Waals surface area contributed by atoms with Crippen molar-refractivity contribution in [2.75, 3.05) is 11.2 Å². The number of hydrogen-bond donors (Lipinski definition) is 0. The lowest BCUT2D eigenvalue weighted by Crippen LogP contribution is -2.30. The molecule has 0 aliphatic carbocycles. The van der Waals surface area contributed by atoms with Crippen molar-refractivity contribution < 1.29 is 13.2 Å². The van der Waals surface area contributed by atoms with E-state index in [1.54, 1.807) is 24.3 Å². The highest BCUT2D eigenvalue weighted by atomic mass is 35.5. The molecule has 0 spiro atoms. The Morgan fingerprint density at radius 1 is 1.03 bits per heavy atom. The van der Waals surface area contributed by atoms with E-state index in [9.17, 15) is 13.2 Å². The van der Waals surface area contributed by atoms with Crippen LogP contribution in [0, 0.1) is 0 Å². The van der Waals surface area contributed by atoms with Gasteiger partial charge in [-0.25, -0.2) is 13.4 Å². The Morgan fingerprint density at radius 2 is 1.77 bits per heavy atom. The van der Waals surface area contributed by atoms with E-state index in [1.807, 2.05) is 30.3 Å². The zero-order chi connectivity index (χ0) is 22.2. The van der Waals surface area contributed by atoms with Crippen LogP contribution in [0.4, 0.5) is 5.13 Å². The molecule has 1 aromatic heterocycles. The number of amides is 1. The standard InChI is InChI=1S/C22H16Cl2N2O3S2/c1-31(28,29)16-8-10-19-20(12-16)30-22(25-19)26(13-14-5-3-2-4-6-14)21(27)17-11-15(23)7-9-18(17)24/h2-12H,13H2,1H3. The number of benzene rings is 3. The van der Waals surface area contributed by atoms with Crippen LogP contribution < -0.4 is 4.90 Å². The molecule has 1 amide bonds. The molecule has 0 aliphatic rings. The molecular weight excluding hydrogens is 475 g/mol. The maximum absolute atomic E-state index is 13.5. The summed E-state index contributed by atoms with van der Waals surface area (Å²) in [7, 11) is -3.36. The Bertz CT molecular complexity index is 1390. The molecule has 4 aromatic rings. The number of hydrogen-bond acceptors (Lipinski definition) is 5. The summed E-state index contributed by atoms with van der Waals surface area (Å²) in [5, 5.41) is 1.12. The number of nitrogens with zero attached hydrogens (tertiary/aromatic N) is 2. The Kier molecular flexibility index (Phi) is 6.03. The van der Waals surface area contributed by atoms with Gasteiger partial charge < -0.3 is 0 Å². The maximum Gasteiger partial charge on any atom is 0.261 e. The molecule has 3 aromatic carbocycles. The minimum absolute atomic E-state index is 0.203. The lowest BCUT2D eigenvalue weighted by Gasteiger charge is -2.21. The zero-order valence-electron chi connectivity index (χ0n) is 16.2. The van der Waals surface area contributed by atoms with Gasteiger partial charge in [-0.2, -0.15) is 0 Å². The zero-order valence-corrected chi connectivity index (χ0v) is 19.4. The highest BCUT2D eigenvalue weighted by Crippen LogP contribution is 2.33. The highest BCUT2D eigenvalue weighted by Gasteiger charge is 2.24. The molecule has 0 aliphatic heterocycles. The molecule has 31 heavy (non-hydrogen) atoms. The molecule has 9 heteroatoms. The summed E-state index contributed by atoms with van der Waals surface area (Å²) in [6.45, 7) is 0.265. The molecule has 0 bridgehead atoms. The van der Waals surface area contributed by atoms with Crippen molar-refractivity contribution in [1.82, 2.24) is 4.98 Å². The highest BCUT2D eigenvalue weighted by molar-refractivity contribution is 7.90. The molecule has 0 N–H and O–H groups in total. The summed E-state index contributed by atoms with van der Waals surface area (Å²) in [5.74, 6) is -0.348. The largest absolute Gasteiger partial charge is 0.279 e. The number of anilines is 1. The van der Waals surface area contributed by atoms with Gasteiger partial charge in [-0.15, -0.1) is 0 Å². The van der Waals surface area contributed by atoms with Gasteiger partial charge in [-0.3, -0.25) is 9.69 Å². The number of rotatable bonds is 5. The molecule has 0 saturated heterocycles. The van der Waals surface area contributed by atoms with Crippen molar-refractivity contribution in [3.8, 4) is 0 Å². The molecular formula is C22H16Cl2N2O3S2. The molecule has 0 radical (unpaired) electrons. The van der Waals surface area contributed by atoms with Gasteiger partial charge in [0.05, 0.1) is 32.2 Å². The van der Waals surface area contributed by atoms with Crippen molar-refractivity contribution in [3.63, 3.8) is 0 Å². The summed E-state index contributed by atoms with van der Waals surface area (Å²) in [5.41, 5.74) is 1.78. The molecule has 158 valence electrons. The van der Waals surface area contributed by atoms with Crippen molar-refractivity contribution >= 4 is 65.6 Å². The number of halogens is 2. The number of thiazole rings is 1. The fraction of sp³-hybridized carbons (Fsp3) is 0.0909. The predicted octanol–water partition coefficient (Wildman–Crippen LogP) is 5.85. The van der Waals surface area contributed by atoms with E-state index in [0.29, 0.717) is 20.4 Å². The van der Waals surface area contributed by atoms with Crippen molar-refractivity contribution in [2.45, 2.75) is 11.4 Å². The first-order valence-corrected chi connectivity index (χ1v) is 12.6. The van der Waals surface area contributed by atoms with E-state index < -0.39 is 9.84 Å². The summed E-state index contributed by atoms with van der Waals surface area (Å²) >= 11 is 13.6. The van der Waals surface area contributed by atoms with Crippen LogP contribution in [0.1, 0.15) is 15.9 Å². The number of carbonyl (C=O) groups excluding carboxylic acids is 1. The normalized spacial score (nSPS) is 11.6. The third-order valence-electron chi connectivity index (χ3n) is 4.60. The van der Waals surface area contributed by atoms with E-state index in [0.717, 1.165) is 11.8 Å². The summed E-state index contributed by atoms with van der Waals surface area (Å²) in [6, 6.07) is 18.9. The maximum atomic E-state index is 13.5. The molecule has 0 fully saturated rings. The van der Waals surface area contributed by atoms with Gasteiger partial charge >= 0.3 is 0 Å². The first-order chi connectivity index (χ1) is 14.7. The van der Waals surface area contributed by atoms with Gasteiger partial charge in [-0.1, -0.05) is 64.9 Å². The summed E-state index contributed by atoms with van der Waals surface area (Å²) in [6.07, 6.45) is 1.16. The van der Waals surface area contributed by atoms with Gasteiger partial charge in [0.1, 0.15) is 0 Å². The molecule has 4 rings (SSSR count). The molecule has 0 atom stereocenters. The topological polar surface area (TPSA) is 67.3 Å². The van der Waals surface area contributed by atoms with Crippen LogP contribution in [0.15, 0.2) is 71.6 Å². The lowest BCUT2D eigenvalue weighted by atomic mass is 10.1. The summed E-state index contributed by atoms with van der Waals surface area (Å²) < 4.78 is 24.5. The van der Waals surface area contributed by atoms with Gasteiger partial charge in [0, 0.05) is 11.3 Å². The fourth-order valence-corrected chi connectivity index (χ4v) is 5.13. The monoisotopic (exact) mass is 490 g/mol. The van der Waals surface area contributed by atoms with E-state index >= 15 is 0 Å². The first-order valence-electron chi connectivity index (χ1n) is 9.14. The van der Waals surface area contributed by atoms with Crippen LogP contribution in [0.2, 0.25) is 10.0 Å². The van der Waals surface area contributed by atoms with E-state index in [-0.39, 0.29) is 27.9 Å². The van der Waals surface area contributed by atoms with E-state index in [4.69, 9.17) is 23.2 Å². The molecule has 0 saturated carbocycles. The minimum atomic E-state index is -3.36. The quantitative estimate of drug-likeness (QED) is 0.351. The first kappa shape index (κ1) is 21.8. The van der Waals surface area contributed by atoms with Gasteiger partial charge in [0.15, 0.2) is 15.0 Å². The van der Waals surface area contributed by atoms with E-state index in [2.05, 4.69) is 4.98 Å². The number of carbonyl (C=O) groups is 1. The van der Waals surface area contributed by atoms with Crippen molar-refractivity contribution in [1.29, 1.82) is 0 Å². The second-order valence-corrected chi connectivity index (χ2v) is 10.8. The number of sulfone groups is 1. The van der Waals surface area contributed by atoms with Crippen LogP contribution in [0.5, 0.6) is 0 Å². The van der Waals surface area contributed by atoms with E-state index in [1.165, 1.54) is 28.4 Å². The van der Waals surface area contributed by atoms with Crippen molar-refractivity contribution in [3.05, 3.63) is 87.9 Å². The van der Waals surface area contributed by atoms with Gasteiger partial charge in [0.25, 0.3) is 5.91 Å². The second kappa shape index (κ2) is 8.59. The number of aromatic nitrogens is 1. The smallest absolute Gasteiger partial charge is 0.261 e. The third kappa shape index (κ3) is 4.75. The molecule has 1 heterocycles. The average molecular weight is 491 g/mol. The van der Waals surface area contributed by atoms with Gasteiger partial charge in [-0.05, 0) is 42.0 Å².